The number of piperazine rings is 1. The number of nitrogens with zero attached hydrogens (tertiary/aromatic N) is 6. The zero-order chi connectivity index (χ0) is 14.7. The summed E-state index contributed by atoms with van der Waals surface area (Å²) in [7, 11) is 0. The maximum atomic E-state index is 11.1. The van der Waals surface area contributed by atoms with Gasteiger partial charge < -0.3 is 9.80 Å². The molecular formula is C13H14N6O2. The summed E-state index contributed by atoms with van der Waals surface area (Å²) in [5.41, 5.74) is 0.0467. The van der Waals surface area contributed by atoms with Crippen molar-refractivity contribution in [2.24, 2.45) is 0 Å². The van der Waals surface area contributed by atoms with Gasteiger partial charge >= 0.3 is 5.69 Å². The second-order valence-corrected chi connectivity index (χ2v) is 4.64. The zero-order valence-corrected chi connectivity index (χ0v) is 11.3. The van der Waals surface area contributed by atoms with Crippen LogP contribution in [-0.2, 0) is 0 Å². The number of hydrogen-bond acceptors (Lipinski definition) is 7. The lowest BCUT2D eigenvalue weighted by Crippen LogP contribution is -2.47. The highest BCUT2D eigenvalue weighted by atomic mass is 16.6. The second kappa shape index (κ2) is 5.70. The van der Waals surface area contributed by atoms with Gasteiger partial charge in [-0.25, -0.2) is 9.97 Å². The van der Waals surface area contributed by atoms with Crippen LogP contribution in [-0.4, -0.2) is 46.1 Å². The van der Waals surface area contributed by atoms with E-state index in [2.05, 4.69) is 19.9 Å². The van der Waals surface area contributed by atoms with Crippen molar-refractivity contribution < 1.29 is 4.92 Å². The van der Waals surface area contributed by atoms with Crippen LogP contribution in [0, 0.1) is 10.1 Å². The van der Waals surface area contributed by atoms with Gasteiger partial charge in [-0.1, -0.05) is 0 Å². The molecule has 1 fully saturated rings. The van der Waals surface area contributed by atoms with Crippen molar-refractivity contribution in [3.8, 4) is 0 Å². The number of hydrogen-bond donors (Lipinski definition) is 0. The van der Waals surface area contributed by atoms with E-state index in [-0.39, 0.29) is 5.69 Å². The van der Waals surface area contributed by atoms with Crippen molar-refractivity contribution in [3.05, 3.63) is 47.0 Å². The molecule has 1 aliphatic rings. The summed E-state index contributed by atoms with van der Waals surface area (Å²) >= 11 is 0. The predicted molar refractivity (Wildman–Crippen MR) is 77.3 cm³/mol. The summed E-state index contributed by atoms with van der Waals surface area (Å²) in [5, 5.41) is 11.1. The molecule has 8 heteroatoms. The van der Waals surface area contributed by atoms with E-state index in [1.165, 1.54) is 6.07 Å². The molecule has 8 nitrogen and oxygen atoms in total. The zero-order valence-electron chi connectivity index (χ0n) is 11.3. The smallest absolute Gasteiger partial charge is 0.311 e. The van der Waals surface area contributed by atoms with Gasteiger partial charge in [0, 0.05) is 50.8 Å². The Hall–Kier alpha value is -2.77. The van der Waals surface area contributed by atoms with Crippen molar-refractivity contribution >= 4 is 17.3 Å². The average molecular weight is 286 g/mol. The summed E-state index contributed by atoms with van der Waals surface area (Å²) in [4.78, 5) is 27.2. The number of rotatable bonds is 3. The largest absolute Gasteiger partial charge is 0.352 e. The monoisotopic (exact) mass is 286 g/mol. The SMILES string of the molecule is O=[N+]([O-])c1cccnc1N1CCN(c2cnccn2)CC1. The van der Waals surface area contributed by atoms with E-state index >= 15 is 0 Å². The molecule has 2 aromatic rings. The van der Waals surface area contributed by atoms with Crippen molar-refractivity contribution in [2.75, 3.05) is 36.0 Å². The van der Waals surface area contributed by atoms with Crippen LogP contribution in [0.2, 0.25) is 0 Å². The van der Waals surface area contributed by atoms with Crippen molar-refractivity contribution in [1.29, 1.82) is 0 Å². The van der Waals surface area contributed by atoms with E-state index in [1.54, 1.807) is 30.9 Å². The molecule has 0 N–H and O–H groups in total. The van der Waals surface area contributed by atoms with Crippen LogP contribution in [0.15, 0.2) is 36.9 Å². The Bertz CT molecular complexity index is 628. The van der Waals surface area contributed by atoms with Gasteiger partial charge in [-0.3, -0.25) is 15.1 Å². The third-order valence-corrected chi connectivity index (χ3v) is 3.42. The van der Waals surface area contributed by atoms with E-state index in [4.69, 9.17) is 0 Å². The Morgan fingerprint density at radius 2 is 1.81 bits per heavy atom. The van der Waals surface area contributed by atoms with Crippen LogP contribution in [0.1, 0.15) is 0 Å². The van der Waals surface area contributed by atoms with E-state index in [9.17, 15) is 10.1 Å². The first-order chi connectivity index (χ1) is 10.3. The van der Waals surface area contributed by atoms with Gasteiger partial charge in [-0.15, -0.1) is 0 Å². The quantitative estimate of drug-likeness (QED) is 0.616. The Balaban J connectivity index is 1.73. The van der Waals surface area contributed by atoms with Gasteiger partial charge in [0.15, 0.2) is 0 Å². The molecular weight excluding hydrogens is 272 g/mol. The molecule has 21 heavy (non-hydrogen) atoms. The first-order valence-electron chi connectivity index (χ1n) is 6.61. The van der Waals surface area contributed by atoms with E-state index in [1.807, 2.05) is 4.90 Å². The van der Waals surface area contributed by atoms with Gasteiger partial charge in [-0.05, 0) is 6.07 Å². The van der Waals surface area contributed by atoms with Crippen LogP contribution in [0.25, 0.3) is 0 Å². The molecule has 0 saturated carbocycles. The predicted octanol–water partition coefficient (Wildman–Crippen LogP) is 1.11. The van der Waals surface area contributed by atoms with Crippen molar-refractivity contribution in [2.45, 2.75) is 0 Å². The summed E-state index contributed by atoms with van der Waals surface area (Å²) in [6.07, 6.45) is 6.60. The summed E-state index contributed by atoms with van der Waals surface area (Å²) in [6.45, 7) is 2.78. The summed E-state index contributed by atoms with van der Waals surface area (Å²) in [6, 6.07) is 3.06. The fourth-order valence-corrected chi connectivity index (χ4v) is 2.38. The maximum absolute atomic E-state index is 11.1. The third-order valence-electron chi connectivity index (χ3n) is 3.42. The van der Waals surface area contributed by atoms with Crippen LogP contribution in [0.5, 0.6) is 0 Å². The highest BCUT2D eigenvalue weighted by Gasteiger charge is 2.25. The van der Waals surface area contributed by atoms with Gasteiger partial charge in [0.1, 0.15) is 5.82 Å². The summed E-state index contributed by atoms with van der Waals surface area (Å²) in [5.74, 6) is 1.26. The molecule has 3 rings (SSSR count). The lowest BCUT2D eigenvalue weighted by atomic mass is 10.3. The standard InChI is InChI=1S/C13H14N6O2/c20-19(21)11-2-1-3-16-13(11)18-8-6-17(7-9-18)12-10-14-4-5-15-12/h1-5,10H,6-9H2. The molecule has 0 atom stereocenters. The van der Waals surface area contributed by atoms with Gasteiger partial charge in [0.2, 0.25) is 5.82 Å². The fourth-order valence-electron chi connectivity index (χ4n) is 2.38. The number of pyridine rings is 1. The Kier molecular flexibility index (Phi) is 3.59. The van der Waals surface area contributed by atoms with Gasteiger partial charge in [0.05, 0.1) is 11.1 Å². The van der Waals surface area contributed by atoms with Gasteiger partial charge in [0.25, 0.3) is 0 Å². The topological polar surface area (TPSA) is 88.3 Å². The van der Waals surface area contributed by atoms with Gasteiger partial charge in [-0.2, -0.15) is 0 Å². The third kappa shape index (κ3) is 2.73. The molecule has 0 bridgehead atoms. The minimum Gasteiger partial charge on any atom is -0.352 e. The Morgan fingerprint density at radius 3 is 2.48 bits per heavy atom. The lowest BCUT2D eigenvalue weighted by molar-refractivity contribution is -0.384. The van der Waals surface area contributed by atoms with Crippen LogP contribution in [0.4, 0.5) is 17.3 Å². The molecule has 0 unspecified atom stereocenters. The highest BCUT2D eigenvalue weighted by Crippen LogP contribution is 2.26. The first-order valence-corrected chi connectivity index (χ1v) is 6.61. The molecule has 0 spiro atoms. The second-order valence-electron chi connectivity index (χ2n) is 4.64. The van der Waals surface area contributed by atoms with Crippen LogP contribution < -0.4 is 9.80 Å². The molecule has 1 saturated heterocycles. The van der Waals surface area contributed by atoms with Crippen LogP contribution in [0.3, 0.4) is 0 Å². The first kappa shape index (κ1) is 13.2. The normalized spacial score (nSPS) is 15.0. The lowest BCUT2D eigenvalue weighted by Gasteiger charge is -2.35. The molecule has 1 aliphatic heterocycles. The molecule has 3 heterocycles. The van der Waals surface area contributed by atoms with E-state index in [0.29, 0.717) is 18.9 Å². The molecule has 0 radical (unpaired) electrons. The average Bonchev–Trinajstić information content (AvgIpc) is 2.56. The minimum absolute atomic E-state index is 0.0467. The van der Waals surface area contributed by atoms with Crippen LogP contribution >= 0.6 is 0 Å². The minimum atomic E-state index is -0.391. The molecule has 0 amide bonds. The number of aromatic nitrogens is 3. The number of nitro groups is 1. The number of anilines is 2. The molecule has 108 valence electrons. The molecule has 2 aromatic heterocycles. The summed E-state index contributed by atoms with van der Waals surface area (Å²) < 4.78 is 0. The van der Waals surface area contributed by atoms with E-state index in [0.717, 1.165) is 18.9 Å². The van der Waals surface area contributed by atoms with E-state index < -0.39 is 4.92 Å². The molecule has 0 aromatic carbocycles. The highest BCUT2D eigenvalue weighted by molar-refractivity contribution is 5.58. The molecule has 0 aliphatic carbocycles. The Labute approximate surface area is 121 Å². The van der Waals surface area contributed by atoms with Crippen molar-refractivity contribution in [1.82, 2.24) is 15.0 Å². The fraction of sp³-hybridized carbons (Fsp3) is 0.308. The van der Waals surface area contributed by atoms with Crippen molar-refractivity contribution in [3.63, 3.8) is 0 Å². The Morgan fingerprint density at radius 1 is 1.05 bits per heavy atom. The maximum Gasteiger partial charge on any atom is 0.311 e.